The van der Waals surface area contributed by atoms with Crippen molar-refractivity contribution in [2.24, 2.45) is 0 Å². The Balaban J connectivity index is 1.86. The fourth-order valence-corrected chi connectivity index (χ4v) is 3.06. The molecule has 1 saturated carbocycles. The van der Waals surface area contributed by atoms with Gasteiger partial charge < -0.3 is 15.4 Å². The average Bonchev–Trinajstić information content (AvgIpc) is 2.67. The van der Waals surface area contributed by atoms with Crippen LogP contribution in [0.1, 0.15) is 39.0 Å². The molecule has 2 N–H and O–H groups in total. The summed E-state index contributed by atoms with van der Waals surface area (Å²) < 4.78 is 5.09. The van der Waals surface area contributed by atoms with E-state index in [1.165, 1.54) is 6.42 Å². The molecule has 3 rings (SSSR count). The number of piperazine rings is 1. The highest BCUT2D eigenvalue weighted by Gasteiger charge is 2.38. The van der Waals surface area contributed by atoms with Gasteiger partial charge in [0.2, 0.25) is 0 Å². The zero-order chi connectivity index (χ0) is 12.7. The number of fused-ring (bicyclic) bond motifs is 1. The van der Waals surface area contributed by atoms with Crippen molar-refractivity contribution in [1.29, 1.82) is 0 Å². The van der Waals surface area contributed by atoms with E-state index in [1.54, 1.807) is 0 Å². The van der Waals surface area contributed by atoms with Crippen molar-refractivity contribution in [3.05, 3.63) is 11.3 Å². The maximum atomic E-state index is 12.0. The Morgan fingerprint density at radius 1 is 1.11 bits per heavy atom. The van der Waals surface area contributed by atoms with E-state index < -0.39 is 0 Å². The van der Waals surface area contributed by atoms with E-state index in [1.807, 2.05) is 6.92 Å². The molecule has 0 unspecified atom stereocenters. The number of ether oxygens (including phenoxy) is 1. The van der Waals surface area contributed by atoms with Crippen LogP contribution >= 0.6 is 0 Å². The van der Waals surface area contributed by atoms with Gasteiger partial charge in [0.25, 0.3) is 5.91 Å². The van der Waals surface area contributed by atoms with Gasteiger partial charge in [-0.05, 0) is 19.8 Å². The first kappa shape index (κ1) is 11.6. The van der Waals surface area contributed by atoms with Crippen LogP contribution < -0.4 is 10.6 Å². The average molecular weight is 250 g/mol. The summed E-state index contributed by atoms with van der Waals surface area (Å²) in [7, 11) is 0. The molecule has 0 aromatic rings. The van der Waals surface area contributed by atoms with Gasteiger partial charge in [-0.15, -0.1) is 0 Å². The van der Waals surface area contributed by atoms with Crippen molar-refractivity contribution in [1.82, 2.24) is 10.6 Å². The van der Waals surface area contributed by atoms with Crippen LogP contribution in [0.15, 0.2) is 11.3 Å². The first-order chi connectivity index (χ1) is 8.65. The second-order valence-electron chi connectivity index (χ2n) is 5.39. The summed E-state index contributed by atoms with van der Waals surface area (Å²) in [5, 5.41) is 6.28. The number of carbonyl (C=O) groups is 2. The summed E-state index contributed by atoms with van der Waals surface area (Å²) in [5.74, 6) is -0.506. The van der Waals surface area contributed by atoms with Crippen LogP contribution in [0.5, 0.6) is 0 Å². The van der Waals surface area contributed by atoms with Crippen LogP contribution in [-0.2, 0) is 14.3 Å². The van der Waals surface area contributed by atoms with Gasteiger partial charge in [0.05, 0.1) is 5.57 Å². The molecule has 1 aliphatic carbocycles. The first-order valence-corrected chi connectivity index (χ1v) is 6.66. The molecule has 2 saturated heterocycles. The van der Waals surface area contributed by atoms with E-state index in [4.69, 9.17) is 4.74 Å². The minimum Gasteiger partial charge on any atom is -0.459 e. The standard InChI is InChI=1S/C13H18N2O3/c1-7-6-8(13(17)18-7)11-12(16)15-10-5-3-2-4-9(10)14-11/h7,9-10,14H,2-6H2,1H3,(H,15,16)/b11-8+/t7-,9-,10+/m0/s1. The predicted molar refractivity (Wildman–Crippen MR) is 64.5 cm³/mol. The quantitative estimate of drug-likeness (QED) is 0.488. The molecule has 98 valence electrons. The highest BCUT2D eigenvalue weighted by atomic mass is 16.5. The predicted octanol–water partition coefficient (Wildman–Crippen LogP) is 0.606. The number of esters is 1. The van der Waals surface area contributed by atoms with E-state index in [0.717, 1.165) is 19.3 Å². The summed E-state index contributed by atoms with van der Waals surface area (Å²) in [4.78, 5) is 23.7. The molecule has 5 nitrogen and oxygen atoms in total. The molecule has 2 heterocycles. The molecule has 3 fully saturated rings. The second-order valence-corrected chi connectivity index (χ2v) is 5.39. The second kappa shape index (κ2) is 4.30. The molecule has 18 heavy (non-hydrogen) atoms. The van der Waals surface area contributed by atoms with Gasteiger partial charge in [-0.2, -0.15) is 0 Å². The molecule has 1 amide bonds. The molecular weight excluding hydrogens is 232 g/mol. The third-order valence-corrected chi connectivity index (χ3v) is 3.99. The Morgan fingerprint density at radius 3 is 2.39 bits per heavy atom. The fourth-order valence-electron chi connectivity index (χ4n) is 3.06. The molecule has 0 radical (unpaired) electrons. The van der Waals surface area contributed by atoms with E-state index >= 15 is 0 Å². The fraction of sp³-hybridized carbons (Fsp3) is 0.692. The minimum atomic E-state index is -0.352. The van der Waals surface area contributed by atoms with Gasteiger partial charge in [0, 0.05) is 18.5 Å². The highest BCUT2D eigenvalue weighted by Crippen LogP contribution is 2.27. The van der Waals surface area contributed by atoms with Crippen LogP contribution in [0.25, 0.3) is 0 Å². The number of amides is 1. The molecule has 3 aliphatic rings. The summed E-state index contributed by atoms with van der Waals surface area (Å²) in [5.41, 5.74) is 0.941. The van der Waals surface area contributed by atoms with Crippen LogP contribution in [0.3, 0.4) is 0 Å². The van der Waals surface area contributed by atoms with Gasteiger partial charge in [0.1, 0.15) is 11.8 Å². The van der Waals surface area contributed by atoms with Gasteiger partial charge in [-0.1, -0.05) is 12.8 Å². The Labute approximate surface area is 106 Å². The van der Waals surface area contributed by atoms with E-state index in [2.05, 4.69) is 10.6 Å². The molecule has 0 aromatic carbocycles. The zero-order valence-electron chi connectivity index (χ0n) is 10.5. The first-order valence-electron chi connectivity index (χ1n) is 6.66. The monoisotopic (exact) mass is 250 g/mol. The van der Waals surface area contributed by atoms with E-state index in [0.29, 0.717) is 17.7 Å². The summed E-state index contributed by atoms with van der Waals surface area (Å²) >= 11 is 0. The number of hydrogen-bond acceptors (Lipinski definition) is 4. The molecule has 5 heteroatoms. The number of rotatable bonds is 0. The topological polar surface area (TPSA) is 67.4 Å². The Morgan fingerprint density at radius 2 is 1.78 bits per heavy atom. The normalized spacial score (nSPS) is 39.7. The SMILES string of the molecule is C[C@H]1C/C(=C2\N[C@H]3CCCC[C@H]3NC2=O)C(=O)O1. The van der Waals surface area contributed by atoms with Crippen LogP contribution in [0.2, 0.25) is 0 Å². The van der Waals surface area contributed by atoms with Gasteiger partial charge in [-0.3, -0.25) is 4.79 Å². The molecule has 2 aliphatic heterocycles. The molecule has 3 atom stereocenters. The Kier molecular flexibility index (Phi) is 2.76. The lowest BCUT2D eigenvalue weighted by Crippen LogP contribution is -2.59. The van der Waals surface area contributed by atoms with Crippen molar-refractivity contribution in [2.45, 2.75) is 57.2 Å². The molecular formula is C13H18N2O3. The highest BCUT2D eigenvalue weighted by molar-refractivity contribution is 6.04. The molecule has 0 spiro atoms. The van der Waals surface area contributed by atoms with Crippen molar-refractivity contribution >= 4 is 11.9 Å². The minimum absolute atomic E-state index is 0.126. The lowest BCUT2D eigenvalue weighted by molar-refractivity contribution is -0.138. The number of nitrogens with one attached hydrogen (secondary N) is 2. The smallest absolute Gasteiger partial charge is 0.336 e. The maximum Gasteiger partial charge on any atom is 0.336 e. The van der Waals surface area contributed by atoms with E-state index in [-0.39, 0.29) is 30.1 Å². The summed E-state index contributed by atoms with van der Waals surface area (Å²) in [6.45, 7) is 1.84. The van der Waals surface area contributed by atoms with Crippen LogP contribution in [0, 0.1) is 0 Å². The van der Waals surface area contributed by atoms with Gasteiger partial charge in [0.15, 0.2) is 0 Å². The molecule has 0 bridgehead atoms. The number of hydrogen-bond donors (Lipinski definition) is 2. The number of cyclic esters (lactones) is 1. The van der Waals surface area contributed by atoms with Crippen LogP contribution in [0.4, 0.5) is 0 Å². The van der Waals surface area contributed by atoms with Crippen molar-refractivity contribution in [3.63, 3.8) is 0 Å². The third kappa shape index (κ3) is 1.87. The van der Waals surface area contributed by atoms with Crippen molar-refractivity contribution < 1.29 is 14.3 Å². The lowest BCUT2D eigenvalue weighted by atomic mass is 9.88. The summed E-state index contributed by atoms with van der Waals surface area (Å²) in [6.07, 6.45) is 4.80. The van der Waals surface area contributed by atoms with Gasteiger partial charge in [-0.25, -0.2) is 4.79 Å². The Hall–Kier alpha value is -1.52. The van der Waals surface area contributed by atoms with Crippen molar-refractivity contribution in [2.75, 3.05) is 0 Å². The Bertz CT molecular complexity index is 430. The van der Waals surface area contributed by atoms with Gasteiger partial charge >= 0.3 is 5.97 Å². The zero-order valence-corrected chi connectivity index (χ0v) is 10.5. The largest absolute Gasteiger partial charge is 0.459 e. The molecule has 0 aromatic heterocycles. The third-order valence-electron chi connectivity index (χ3n) is 3.99. The maximum absolute atomic E-state index is 12.0. The van der Waals surface area contributed by atoms with Crippen molar-refractivity contribution in [3.8, 4) is 0 Å². The number of carbonyl (C=O) groups excluding carboxylic acids is 2. The lowest BCUT2D eigenvalue weighted by Gasteiger charge is -2.38. The van der Waals surface area contributed by atoms with E-state index in [9.17, 15) is 9.59 Å². The van der Waals surface area contributed by atoms with Crippen LogP contribution in [-0.4, -0.2) is 30.1 Å². The summed E-state index contributed by atoms with van der Waals surface area (Å²) in [6, 6.07) is 0.480.